The van der Waals surface area contributed by atoms with E-state index in [9.17, 15) is 0 Å². The normalized spacial score (nSPS) is 30.9. The summed E-state index contributed by atoms with van der Waals surface area (Å²) in [4.78, 5) is 0. The number of hydrogen-bond donors (Lipinski definition) is 0. The van der Waals surface area contributed by atoms with Gasteiger partial charge in [-0.05, 0) is 0 Å². The van der Waals surface area contributed by atoms with E-state index in [0.717, 1.165) is 12.8 Å². The molecule has 0 amide bonds. The maximum absolute atomic E-state index is 7.29. The van der Waals surface area contributed by atoms with Crippen molar-refractivity contribution in [2.75, 3.05) is 0 Å². The molecule has 70 valence electrons. The Hall–Kier alpha value is 1.57. The molecule has 2 N–H and O–H groups in total. The van der Waals surface area contributed by atoms with Crippen LogP contribution in [0.2, 0.25) is 0 Å². The SMILES string of the molecule is [Br][Pt+2][Br].[NH-]C1CCCC[C@H]1[NH-]. The van der Waals surface area contributed by atoms with Gasteiger partial charge in [0.1, 0.15) is 0 Å². The molecule has 2 atom stereocenters. The molecule has 1 saturated carbocycles. The first-order valence-electron chi connectivity index (χ1n) is 3.47. The molecule has 0 aliphatic heterocycles. The van der Waals surface area contributed by atoms with Crippen molar-refractivity contribution in [3.63, 3.8) is 0 Å². The van der Waals surface area contributed by atoms with E-state index in [0.29, 0.717) is 0 Å². The van der Waals surface area contributed by atoms with Crippen LogP contribution in [0.1, 0.15) is 25.7 Å². The molecule has 1 aliphatic carbocycles. The van der Waals surface area contributed by atoms with Crippen LogP contribution in [0, 0.1) is 0 Å². The van der Waals surface area contributed by atoms with Gasteiger partial charge in [-0.1, -0.05) is 25.7 Å². The van der Waals surface area contributed by atoms with Crippen LogP contribution in [0.25, 0.3) is 11.5 Å². The fourth-order valence-corrected chi connectivity index (χ4v) is 1.13. The van der Waals surface area contributed by atoms with Gasteiger partial charge in [-0.3, -0.25) is 0 Å². The summed E-state index contributed by atoms with van der Waals surface area (Å²) in [6.45, 7) is 0. The molecular weight excluding hydrogens is 455 g/mol. The van der Waals surface area contributed by atoms with Gasteiger partial charge in [-0.15, -0.1) is 0 Å². The van der Waals surface area contributed by atoms with Crippen LogP contribution in [-0.2, 0) is 14.5 Å². The Morgan fingerprint density at radius 2 is 1.27 bits per heavy atom. The van der Waals surface area contributed by atoms with Gasteiger partial charge in [0.15, 0.2) is 0 Å². The van der Waals surface area contributed by atoms with Gasteiger partial charge >= 0.3 is 41.0 Å². The summed E-state index contributed by atoms with van der Waals surface area (Å²) in [5, 5.41) is 0. The summed E-state index contributed by atoms with van der Waals surface area (Å²) in [6, 6.07) is -0.160. The predicted octanol–water partition coefficient (Wildman–Crippen LogP) is 4.09. The molecule has 0 aromatic heterocycles. The molecule has 0 aromatic rings. The zero-order chi connectivity index (χ0) is 8.69. The molecule has 1 aliphatic rings. The Balaban J connectivity index is 0.000000292. The molecule has 0 saturated heterocycles. The zero-order valence-electron chi connectivity index (χ0n) is 6.06. The summed E-state index contributed by atoms with van der Waals surface area (Å²) in [5.41, 5.74) is 14.6. The molecule has 1 unspecified atom stereocenters. The van der Waals surface area contributed by atoms with E-state index in [2.05, 4.69) is 26.6 Å². The number of nitrogens with one attached hydrogen (secondary N) is 2. The van der Waals surface area contributed by atoms with Gasteiger partial charge in [0.25, 0.3) is 0 Å². The van der Waals surface area contributed by atoms with Crippen molar-refractivity contribution in [1.82, 2.24) is 0 Å². The molecule has 1 rings (SSSR count). The van der Waals surface area contributed by atoms with E-state index in [4.69, 9.17) is 11.5 Å². The fourth-order valence-electron chi connectivity index (χ4n) is 1.13. The molecule has 0 spiro atoms. The predicted molar refractivity (Wildman–Crippen MR) is 52.5 cm³/mol. The van der Waals surface area contributed by atoms with Crippen molar-refractivity contribution in [3.8, 4) is 0 Å². The third-order valence-corrected chi connectivity index (χ3v) is 1.77. The molecule has 0 aromatic carbocycles. The van der Waals surface area contributed by atoms with Gasteiger partial charge in [-0.2, -0.15) is 12.1 Å². The Morgan fingerprint density at radius 3 is 1.45 bits per heavy atom. The van der Waals surface area contributed by atoms with Crippen LogP contribution in [0.4, 0.5) is 0 Å². The summed E-state index contributed by atoms with van der Waals surface area (Å²) >= 11 is 6.56. The van der Waals surface area contributed by atoms with E-state index in [-0.39, 0.29) is 26.5 Å². The fraction of sp³-hybridized carbons (Fsp3) is 1.00. The Labute approximate surface area is 89.7 Å². The molecule has 0 radical (unpaired) electrons. The minimum absolute atomic E-state index is 0.0799. The number of hydrogen-bond acceptors (Lipinski definition) is 0. The molecule has 0 bridgehead atoms. The summed E-state index contributed by atoms with van der Waals surface area (Å²) in [6.07, 6.45) is 4.25. The Bertz CT molecular complexity index is 84.7. The van der Waals surface area contributed by atoms with Gasteiger partial charge in [0.05, 0.1) is 0 Å². The first-order chi connectivity index (χ1) is 5.22. The minimum atomic E-state index is -0.0799. The van der Waals surface area contributed by atoms with E-state index in [1.807, 2.05) is 0 Å². The van der Waals surface area contributed by atoms with Crippen LogP contribution in [0.3, 0.4) is 0 Å². The topological polar surface area (TPSA) is 47.6 Å². The van der Waals surface area contributed by atoms with E-state index < -0.39 is 0 Å². The molecular formula is C6H12Br2N2Pt. The van der Waals surface area contributed by atoms with Crippen molar-refractivity contribution in [1.29, 1.82) is 0 Å². The minimum Gasteiger partial charge on any atom is -0.676 e. The Morgan fingerprint density at radius 1 is 1.00 bits per heavy atom. The van der Waals surface area contributed by atoms with E-state index in [1.165, 1.54) is 12.8 Å². The summed E-state index contributed by atoms with van der Waals surface area (Å²) in [5.74, 6) is 0. The maximum atomic E-state index is 7.29. The number of halogens is 2. The molecule has 5 heteroatoms. The standard InChI is InChI=1S/C6H12N2.2BrH.Pt/c7-5-3-1-2-4-6(5)8;;;/h5-8H,1-4H2;2*1H;/q-2;;;+4/p-2/t5-,6?;;;/m1.../s1. The van der Waals surface area contributed by atoms with Crippen LogP contribution < -0.4 is 0 Å². The Kier molecular flexibility index (Phi) is 9.35. The van der Waals surface area contributed by atoms with Crippen molar-refractivity contribution >= 4 is 26.6 Å². The van der Waals surface area contributed by atoms with Crippen molar-refractivity contribution in [3.05, 3.63) is 11.5 Å². The number of rotatable bonds is 0. The smallest absolute Gasteiger partial charge is 0.0548 e. The third-order valence-electron chi connectivity index (χ3n) is 1.77. The van der Waals surface area contributed by atoms with Crippen LogP contribution in [-0.4, -0.2) is 12.1 Å². The summed E-state index contributed by atoms with van der Waals surface area (Å²) < 4.78 is 0. The largest absolute Gasteiger partial charge is 0.676 e. The second-order valence-electron chi connectivity index (χ2n) is 2.54. The third kappa shape index (κ3) is 6.70. The van der Waals surface area contributed by atoms with Crippen LogP contribution >= 0.6 is 26.6 Å². The maximum Gasteiger partial charge on any atom is -0.0548 e. The van der Waals surface area contributed by atoms with Crippen molar-refractivity contribution < 1.29 is 14.5 Å². The monoisotopic (exact) mass is 465 g/mol. The molecule has 0 heterocycles. The second kappa shape index (κ2) is 8.18. The van der Waals surface area contributed by atoms with E-state index >= 15 is 0 Å². The van der Waals surface area contributed by atoms with Crippen molar-refractivity contribution in [2.45, 2.75) is 37.8 Å². The average molecular weight is 467 g/mol. The van der Waals surface area contributed by atoms with Crippen molar-refractivity contribution in [2.24, 2.45) is 0 Å². The van der Waals surface area contributed by atoms with Gasteiger partial charge in [-0.25, -0.2) is 0 Å². The first-order valence-corrected chi connectivity index (χ1v) is 13.4. The molecule has 1 fully saturated rings. The quantitative estimate of drug-likeness (QED) is 0.516. The van der Waals surface area contributed by atoms with Gasteiger partial charge < -0.3 is 11.5 Å². The van der Waals surface area contributed by atoms with Crippen LogP contribution in [0.5, 0.6) is 0 Å². The molecule has 11 heavy (non-hydrogen) atoms. The van der Waals surface area contributed by atoms with Gasteiger partial charge in [0, 0.05) is 0 Å². The molecule has 2 nitrogen and oxygen atoms in total. The second-order valence-corrected chi connectivity index (χ2v) is 12.5. The van der Waals surface area contributed by atoms with Gasteiger partial charge in [0.2, 0.25) is 0 Å². The zero-order valence-corrected chi connectivity index (χ0v) is 11.5. The van der Waals surface area contributed by atoms with E-state index in [1.54, 1.807) is 0 Å². The average Bonchev–Trinajstić information content (AvgIpc) is 1.97. The van der Waals surface area contributed by atoms with Crippen LogP contribution in [0.15, 0.2) is 0 Å². The first kappa shape index (κ1) is 12.6. The summed E-state index contributed by atoms with van der Waals surface area (Å²) in [7, 11) is 0.